The van der Waals surface area contributed by atoms with Gasteiger partial charge in [-0.1, -0.05) is 35.9 Å². The van der Waals surface area contributed by atoms with E-state index in [0.717, 1.165) is 23.3 Å². The van der Waals surface area contributed by atoms with Gasteiger partial charge in [0.15, 0.2) is 5.78 Å². The Morgan fingerprint density at radius 1 is 1.17 bits per heavy atom. The molecule has 3 rings (SSSR count). The number of amides is 1. The molecule has 1 aliphatic rings. The van der Waals surface area contributed by atoms with Crippen LogP contribution in [-0.2, 0) is 11.3 Å². The zero-order valence-corrected chi connectivity index (χ0v) is 17.7. The minimum atomic E-state index is -0.484. The summed E-state index contributed by atoms with van der Waals surface area (Å²) in [7, 11) is 0. The standard InChI is InChI=1S/C22H25ClN2O3S/c23-19-9-18(10-21(11-19)29-14-20(27)13-26)22(28)25-6-4-16(5-7-25)17-3-1-2-15(8-17)12-24/h1-3,8-11,16,26H,4-7,12-14,24H2. The molecule has 2 aromatic carbocycles. The number of hydrogen-bond acceptors (Lipinski definition) is 5. The normalized spacial score (nSPS) is 14.8. The number of nitrogens with two attached hydrogens (primary N) is 1. The van der Waals surface area contributed by atoms with E-state index in [0.29, 0.717) is 36.1 Å². The third kappa shape index (κ3) is 5.82. The minimum absolute atomic E-state index is 0.0445. The van der Waals surface area contributed by atoms with Crippen molar-refractivity contribution in [3.05, 3.63) is 64.2 Å². The maximum absolute atomic E-state index is 13.0. The molecule has 0 saturated carbocycles. The largest absolute Gasteiger partial charge is 0.389 e. The number of hydrogen-bond donors (Lipinski definition) is 2. The van der Waals surface area contributed by atoms with Gasteiger partial charge < -0.3 is 15.7 Å². The van der Waals surface area contributed by atoms with Crippen molar-refractivity contribution < 1.29 is 14.7 Å². The second-order valence-corrected chi connectivity index (χ2v) is 8.66. The lowest BCUT2D eigenvalue weighted by Crippen LogP contribution is -2.38. The van der Waals surface area contributed by atoms with Crippen LogP contribution in [0.4, 0.5) is 0 Å². The van der Waals surface area contributed by atoms with Crippen molar-refractivity contribution in [1.82, 2.24) is 4.90 Å². The van der Waals surface area contributed by atoms with Crippen LogP contribution in [0.2, 0.25) is 5.02 Å². The molecule has 1 heterocycles. The molecule has 1 aliphatic heterocycles. The van der Waals surface area contributed by atoms with E-state index in [4.69, 9.17) is 22.4 Å². The van der Waals surface area contributed by atoms with Gasteiger partial charge >= 0.3 is 0 Å². The predicted octanol–water partition coefficient (Wildman–Crippen LogP) is 3.47. The summed E-state index contributed by atoms with van der Waals surface area (Å²) < 4.78 is 0. The number of nitrogens with zero attached hydrogens (tertiary/aromatic N) is 1. The van der Waals surface area contributed by atoms with Gasteiger partial charge in [0.2, 0.25) is 0 Å². The molecular formula is C22H25ClN2O3S. The number of thioether (sulfide) groups is 1. The number of piperidine rings is 1. The Labute approximate surface area is 180 Å². The molecule has 0 bridgehead atoms. The minimum Gasteiger partial charge on any atom is -0.389 e. The van der Waals surface area contributed by atoms with Gasteiger partial charge in [0.1, 0.15) is 6.61 Å². The lowest BCUT2D eigenvalue weighted by molar-refractivity contribution is -0.119. The van der Waals surface area contributed by atoms with Crippen LogP contribution in [0, 0.1) is 0 Å². The summed E-state index contributed by atoms with van der Waals surface area (Å²) in [5.41, 5.74) is 8.69. The average molecular weight is 433 g/mol. The summed E-state index contributed by atoms with van der Waals surface area (Å²) in [5.74, 6) is 0.277. The van der Waals surface area contributed by atoms with Crippen LogP contribution >= 0.6 is 23.4 Å². The van der Waals surface area contributed by atoms with Crippen molar-refractivity contribution in [2.45, 2.75) is 30.2 Å². The summed E-state index contributed by atoms with van der Waals surface area (Å²) >= 11 is 7.46. The maximum Gasteiger partial charge on any atom is 0.253 e. The number of aliphatic hydroxyl groups excluding tert-OH is 1. The molecule has 5 nitrogen and oxygen atoms in total. The second kappa shape index (κ2) is 10.3. The molecule has 0 unspecified atom stereocenters. The third-order valence-electron chi connectivity index (χ3n) is 5.13. The maximum atomic E-state index is 13.0. The van der Waals surface area contributed by atoms with Gasteiger partial charge in [-0.05, 0) is 48.1 Å². The van der Waals surface area contributed by atoms with Crippen molar-refractivity contribution in [3.8, 4) is 0 Å². The SMILES string of the molecule is NCc1cccc(C2CCN(C(=O)c3cc(Cl)cc(SCC(=O)CO)c3)CC2)c1. The molecule has 3 N–H and O–H groups in total. The van der Waals surface area contributed by atoms with Crippen molar-refractivity contribution in [3.63, 3.8) is 0 Å². The van der Waals surface area contributed by atoms with Crippen LogP contribution in [0.1, 0.15) is 40.2 Å². The van der Waals surface area contributed by atoms with E-state index in [1.807, 2.05) is 17.0 Å². The number of aliphatic hydroxyl groups is 1. The molecule has 154 valence electrons. The molecule has 0 spiro atoms. The number of likely N-dealkylation sites (tertiary alicyclic amines) is 1. The summed E-state index contributed by atoms with van der Waals surface area (Å²) in [6, 6.07) is 13.5. The van der Waals surface area contributed by atoms with Crippen LogP contribution in [0.15, 0.2) is 47.4 Å². The summed E-state index contributed by atoms with van der Waals surface area (Å²) in [6.45, 7) is 1.43. The first kappa shape index (κ1) is 21.8. The molecule has 7 heteroatoms. The zero-order chi connectivity index (χ0) is 20.8. The molecule has 29 heavy (non-hydrogen) atoms. The van der Waals surface area contributed by atoms with Gasteiger partial charge in [0.05, 0.1) is 5.75 Å². The molecule has 0 atom stereocenters. The number of carbonyl (C=O) groups excluding carboxylic acids is 2. The van der Waals surface area contributed by atoms with Crippen molar-refractivity contribution >= 4 is 35.1 Å². The summed E-state index contributed by atoms with van der Waals surface area (Å²) in [6.07, 6.45) is 1.82. The Morgan fingerprint density at radius 2 is 1.93 bits per heavy atom. The van der Waals surface area contributed by atoms with Crippen molar-refractivity contribution in [2.75, 3.05) is 25.4 Å². The van der Waals surface area contributed by atoms with Crippen LogP contribution in [0.3, 0.4) is 0 Å². The number of benzene rings is 2. The highest BCUT2D eigenvalue weighted by atomic mass is 35.5. The van der Waals surface area contributed by atoms with Crippen LogP contribution in [0.25, 0.3) is 0 Å². The first-order chi connectivity index (χ1) is 14.0. The van der Waals surface area contributed by atoms with Gasteiger partial charge in [0.25, 0.3) is 5.91 Å². The number of carbonyl (C=O) groups is 2. The molecule has 1 fully saturated rings. The van der Waals surface area contributed by atoms with E-state index in [-0.39, 0.29) is 17.4 Å². The molecule has 0 aliphatic carbocycles. The Bertz CT molecular complexity index is 882. The smallest absolute Gasteiger partial charge is 0.253 e. The number of rotatable bonds is 7. The first-order valence-electron chi connectivity index (χ1n) is 9.64. The van der Waals surface area contributed by atoms with E-state index in [2.05, 4.69) is 12.1 Å². The molecule has 0 radical (unpaired) electrons. The van der Waals surface area contributed by atoms with Gasteiger partial charge in [-0.3, -0.25) is 9.59 Å². The van der Waals surface area contributed by atoms with Crippen molar-refractivity contribution in [2.24, 2.45) is 5.73 Å². The fourth-order valence-electron chi connectivity index (χ4n) is 3.55. The van der Waals surface area contributed by atoms with Gasteiger partial charge in [-0.25, -0.2) is 0 Å². The molecular weight excluding hydrogens is 408 g/mol. The molecule has 1 saturated heterocycles. The molecule has 1 amide bonds. The van der Waals surface area contributed by atoms with E-state index in [9.17, 15) is 9.59 Å². The van der Waals surface area contributed by atoms with E-state index >= 15 is 0 Å². The Balaban J connectivity index is 1.64. The fraction of sp³-hybridized carbons (Fsp3) is 0.364. The lowest BCUT2D eigenvalue weighted by atomic mass is 9.88. The van der Waals surface area contributed by atoms with E-state index in [1.165, 1.54) is 17.3 Å². The monoisotopic (exact) mass is 432 g/mol. The first-order valence-corrected chi connectivity index (χ1v) is 11.0. The summed E-state index contributed by atoms with van der Waals surface area (Å²) in [5, 5.41) is 9.32. The summed E-state index contributed by atoms with van der Waals surface area (Å²) in [4.78, 5) is 26.9. The number of ketones is 1. The van der Waals surface area contributed by atoms with E-state index < -0.39 is 6.61 Å². The Morgan fingerprint density at radius 3 is 2.62 bits per heavy atom. The topological polar surface area (TPSA) is 83.6 Å². The highest BCUT2D eigenvalue weighted by molar-refractivity contribution is 8.00. The highest BCUT2D eigenvalue weighted by Crippen LogP contribution is 2.30. The van der Waals surface area contributed by atoms with Gasteiger partial charge in [-0.2, -0.15) is 0 Å². The predicted molar refractivity (Wildman–Crippen MR) is 116 cm³/mol. The highest BCUT2D eigenvalue weighted by Gasteiger charge is 2.25. The van der Waals surface area contributed by atoms with Gasteiger partial charge in [0, 0.05) is 35.1 Å². The zero-order valence-electron chi connectivity index (χ0n) is 16.1. The number of halogens is 1. The quantitative estimate of drug-likeness (QED) is 0.654. The third-order valence-corrected chi connectivity index (χ3v) is 6.39. The van der Waals surface area contributed by atoms with Crippen LogP contribution in [-0.4, -0.2) is 47.1 Å². The van der Waals surface area contributed by atoms with Crippen LogP contribution < -0.4 is 5.73 Å². The van der Waals surface area contributed by atoms with Crippen molar-refractivity contribution in [1.29, 1.82) is 0 Å². The molecule has 2 aromatic rings. The van der Waals surface area contributed by atoms with Crippen LogP contribution in [0.5, 0.6) is 0 Å². The molecule has 0 aromatic heterocycles. The van der Waals surface area contributed by atoms with Gasteiger partial charge in [-0.15, -0.1) is 11.8 Å². The fourth-order valence-corrected chi connectivity index (χ4v) is 4.69. The Kier molecular flexibility index (Phi) is 7.72. The second-order valence-electron chi connectivity index (χ2n) is 7.18. The number of Topliss-reactive ketones (excluding diaryl/α,β-unsaturated/α-hetero) is 1. The lowest BCUT2D eigenvalue weighted by Gasteiger charge is -2.32. The van der Waals surface area contributed by atoms with E-state index in [1.54, 1.807) is 18.2 Å². The Hall–Kier alpha value is -1.86. The average Bonchev–Trinajstić information content (AvgIpc) is 2.76.